The first kappa shape index (κ1) is 17.7. The van der Waals surface area contributed by atoms with E-state index in [2.05, 4.69) is 9.88 Å². The average Bonchev–Trinajstić information content (AvgIpc) is 2.66. The summed E-state index contributed by atoms with van der Waals surface area (Å²) in [7, 11) is 0. The van der Waals surface area contributed by atoms with Gasteiger partial charge >= 0.3 is 5.97 Å². The van der Waals surface area contributed by atoms with E-state index in [0.717, 1.165) is 44.6 Å². The topological polar surface area (TPSA) is 92.1 Å². The molecule has 0 bridgehead atoms. The van der Waals surface area contributed by atoms with Crippen LogP contribution in [-0.2, 0) is 4.79 Å². The molecule has 0 saturated carbocycles. The van der Waals surface area contributed by atoms with Gasteiger partial charge in [0.1, 0.15) is 17.6 Å². The maximum atomic E-state index is 11.0. The quantitative estimate of drug-likeness (QED) is 0.290. The molecular formula is C22H21N4O2+. The highest BCUT2D eigenvalue weighted by Crippen LogP contribution is 2.26. The van der Waals surface area contributed by atoms with Crippen molar-refractivity contribution in [1.82, 2.24) is 4.98 Å². The van der Waals surface area contributed by atoms with Crippen LogP contribution in [-0.4, -0.2) is 22.6 Å². The number of carboxylic acids is 1. The molecule has 4 aromatic rings. The first-order valence-corrected chi connectivity index (χ1v) is 9.01. The lowest BCUT2D eigenvalue weighted by atomic mass is 10.1. The molecule has 0 aliphatic rings. The molecule has 0 aliphatic carbocycles. The second kappa shape index (κ2) is 6.81. The smallest absolute Gasteiger partial charge is 0.322 e. The number of para-hydroxylation sites is 1. The minimum Gasteiger partial charge on any atom is -0.480 e. The van der Waals surface area contributed by atoms with Crippen LogP contribution >= 0.6 is 0 Å². The van der Waals surface area contributed by atoms with Gasteiger partial charge in [-0.25, -0.2) is 4.98 Å². The van der Waals surface area contributed by atoms with Gasteiger partial charge in [-0.05, 0) is 37.1 Å². The van der Waals surface area contributed by atoms with Gasteiger partial charge in [-0.15, -0.1) is 4.57 Å². The predicted octanol–water partition coefficient (Wildman–Crippen LogP) is 3.36. The van der Waals surface area contributed by atoms with Crippen LogP contribution in [0.3, 0.4) is 0 Å². The van der Waals surface area contributed by atoms with E-state index in [-0.39, 0.29) is 6.54 Å². The summed E-state index contributed by atoms with van der Waals surface area (Å²) < 4.78 is 2.11. The summed E-state index contributed by atoms with van der Waals surface area (Å²) in [4.78, 5) is 15.8. The Hall–Kier alpha value is -3.67. The summed E-state index contributed by atoms with van der Waals surface area (Å²) in [6.45, 7) is 3.76. The van der Waals surface area contributed by atoms with E-state index in [4.69, 9.17) is 15.8 Å². The van der Waals surface area contributed by atoms with E-state index in [1.165, 1.54) is 0 Å². The zero-order valence-corrected chi connectivity index (χ0v) is 15.7. The Morgan fingerprint density at radius 2 is 1.68 bits per heavy atom. The molecule has 4 rings (SSSR count). The van der Waals surface area contributed by atoms with E-state index in [1.807, 2.05) is 68.4 Å². The van der Waals surface area contributed by atoms with Crippen LogP contribution < -0.4 is 15.6 Å². The van der Waals surface area contributed by atoms with Crippen LogP contribution in [0.25, 0.3) is 27.8 Å². The van der Waals surface area contributed by atoms with Crippen molar-refractivity contribution >= 4 is 39.4 Å². The maximum absolute atomic E-state index is 11.0. The Balaban J connectivity index is 2.09. The van der Waals surface area contributed by atoms with Gasteiger partial charge in [0.05, 0.1) is 0 Å². The number of carbonyl (C=O) groups is 1. The van der Waals surface area contributed by atoms with Crippen LogP contribution in [0.4, 0.5) is 11.4 Å². The summed E-state index contributed by atoms with van der Waals surface area (Å²) in [6.07, 6.45) is 0. The molecule has 0 aliphatic heterocycles. The molecule has 3 aromatic carbocycles. The van der Waals surface area contributed by atoms with Crippen LogP contribution in [0.5, 0.6) is 0 Å². The second-order valence-electron chi connectivity index (χ2n) is 6.88. The highest BCUT2D eigenvalue weighted by atomic mass is 16.4. The maximum Gasteiger partial charge on any atom is 0.322 e. The highest BCUT2D eigenvalue weighted by molar-refractivity contribution is 5.87. The molecule has 0 saturated heterocycles. The minimum atomic E-state index is -0.907. The number of rotatable bonds is 4. The van der Waals surface area contributed by atoms with Gasteiger partial charge in [0.15, 0.2) is 0 Å². The summed E-state index contributed by atoms with van der Waals surface area (Å²) in [5, 5.41) is 12.0. The molecule has 0 radical (unpaired) electrons. The number of aliphatic carboxylic acids is 1. The molecule has 0 unspecified atom stereocenters. The van der Waals surface area contributed by atoms with Crippen molar-refractivity contribution in [3.05, 3.63) is 65.7 Å². The standard InChI is InChI=1S/C22H20N4O2/c1-13-8-18-20(10-16(13)23)26(15-6-4-3-5-7-15)21-11-17(24-12-22(27)28)14(2)9-19(21)25-18/h3-11H,12H2,1-2H3,(H3,23,24,27,28)/p+1. The molecule has 6 heteroatoms. The summed E-state index contributed by atoms with van der Waals surface area (Å²) in [5.74, 6) is -0.907. The van der Waals surface area contributed by atoms with E-state index in [1.54, 1.807) is 0 Å². The van der Waals surface area contributed by atoms with Gasteiger partial charge in [-0.1, -0.05) is 18.2 Å². The van der Waals surface area contributed by atoms with E-state index >= 15 is 0 Å². The van der Waals surface area contributed by atoms with Crippen LogP contribution in [0, 0.1) is 13.8 Å². The van der Waals surface area contributed by atoms with Crippen LogP contribution in [0.1, 0.15) is 11.1 Å². The Kier molecular flexibility index (Phi) is 4.31. The lowest BCUT2D eigenvalue weighted by molar-refractivity contribution is -0.538. The van der Waals surface area contributed by atoms with E-state index in [0.29, 0.717) is 5.69 Å². The number of hydrogen-bond acceptors (Lipinski definition) is 4. The number of aromatic nitrogens is 2. The normalized spacial score (nSPS) is 11.1. The number of nitrogens with two attached hydrogens (primary N) is 1. The number of nitrogens with one attached hydrogen (secondary N) is 1. The third-order valence-corrected chi connectivity index (χ3v) is 4.85. The summed E-state index contributed by atoms with van der Waals surface area (Å²) >= 11 is 0. The van der Waals surface area contributed by atoms with Crippen LogP contribution in [0.15, 0.2) is 54.6 Å². The Morgan fingerprint density at radius 1 is 1.04 bits per heavy atom. The van der Waals surface area contributed by atoms with Crippen molar-refractivity contribution in [3.63, 3.8) is 0 Å². The molecule has 0 fully saturated rings. The van der Waals surface area contributed by atoms with E-state index < -0.39 is 5.97 Å². The van der Waals surface area contributed by atoms with Crippen molar-refractivity contribution in [1.29, 1.82) is 0 Å². The predicted molar refractivity (Wildman–Crippen MR) is 111 cm³/mol. The Labute approximate surface area is 162 Å². The zero-order valence-electron chi connectivity index (χ0n) is 15.7. The molecule has 0 amide bonds. The third-order valence-electron chi connectivity index (χ3n) is 4.85. The van der Waals surface area contributed by atoms with Crippen molar-refractivity contribution in [2.75, 3.05) is 17.6 Å². The van der Waals surface area contributed by atoms with E-state index in [9.17, 15) is 4.79 Å². The molecule has 4 N–H and O–H groups in total. The largest absolute Gasteiger partial charge is 0.480 e. The molecule has 6 nitrogen and oxygen atoms in total. The SMILES string of the molecule is Cc1cc2nc3cc(C)c(NCC(=O)O)cc3[n+](-c3ccccc3)c2cc1N. The summed E-state index contributed by atoms with van der Waals surface area (Å²) in [6, 6.07) is 17.8. The fraction of sp³-hybridized carbons (Fsp3) is 0.136. The number of hydrogen-bond donors (Lipinski definition) is 3. The number of aryl methyl sites for hydroxylation is 2. The fourth-order valence-electron chi connectivity index (χ4n) is 3.39. The van der Waals surface area contributed by atoms with Gasteiger partial charge in [0.25, 0.3) is 0 Å². The second-order valence-corrected chi connectivity index (χ2v) is 6.88. The highest BCUT2D eigenvalue weighted by Gasteiger charge is 2.21. The molecule has 0 atom stereocenters. The number of nitrogens with zero attached hydrogens (tertiary/aromatic N) is 2. The number of fused-ring (bicyclic) bond motifs is 2. The van der Waals surface area contributed by atoms with Gasteiger partial charge in [0, 0.05) is 35.6 Å². The average molecular weight is 373 g/mol. The monoisotopic (exact) mass is 373 g/mol. The molecular weight excluding hydrogens is 352 g/mol. The fourth-order valence-corrected chi connectivity index (χ4v) is 3.39. The first-order valence-electron chi connectivity index (χ1n) is 9.01. The van der Waals surface area contributed by atoms with Crippen LogP contribution in [0.2, 0.25) is 0 Å². The lowest BCUT2D eigenvalue weighted by Gasteiger charge is -2.11. The van der Waals surface area contributed by atoms with Gasteiger partial charge in [-0.2, -0.15) is 0 Å². The molecule has 1 aromatic heterocycles. The van der Waals surface area contributed by atoms with Crippen molar-refractivity contribution in [2.24, 2.45) is 0 Å². The molecule has 1 heterocycles. The van der Waals surface area contributed by atoms with Crippen molar-refractivity contribution in [2.45, 2.75) is 13.8 Å². The number of benzene rings is 3. The summed E-state index contributed by atoms with van der Waals surface area (Å²) in [5.41, 5.74) is 14.0. The Bertz CT molecular complexity index is 1220. The Morgan fingerprint density at radius 3 is 2.36 bits per heavy atom. The molecule has 28 heavy (non-hydrogen) atoms. The number of anilines is 2. The van der Waals surface area contributed by atoms with Gasteiger partial charge in [-0.3, -0.25) is 4.79 Å². The molecule has 140 valence electrons. The molecule has 0 spiro atoms. The van der Waals surface area contributed by atoms with Crippen molar-refractivity contribution < 1.29 is 14.5 Å². The minimum absolute atomic E-state index is 0.148. The lowest BCUT2D eigenvalue weighted by Crippen LogP contribution is -2.33. The third kappa shape index (κ3) is 3.09. The van der Waals surface area contributed by atoms with Crippen molar-refractivity contribution in [3.8, 4) is 5.69 Å². The number of nitrogen functional groups attached to an aromatic ring is 1. The number of carboxylic acid groups (broad SMARTS) is 1. The first-order chi connectivity index (χ1) is 13.4. The van der Waals surface area contributed by atoms with Gasteiger partial charge in [0.2, 0.25) is 16.7 Å². The van der Waals surface area contributed by atoms with Gasteiger partial charge < -0.3 is 16.2 Å². The zero-order chi connectivity index (χ0) is 19.8.